The Morgan fingerprint density at radius 1 is 1.26 bits per heavy atom. The molecule has 2 aliphatic rings. The van der Waals surface area contributed by atoms with Gasteiger partial charge in [0.2, 0.25) is 5.91 Å². The molecule has 4 heterocycles. The van der Waals surface area contributed by atoms with Gasteiger partial charge in [0.25, 0.3) is 0 Å². The largest absolute Gasteiger partial charge is 0.381 e. The van der Waals surface area contributed by atoms with Crippen molar-refractivity contribution in [2.24, 2.45) is 0 Å². The standard InChI is InChI=1S/C19H20N6O2/c1-11(26)22-16-8-15-14(9-21-16)18(12-2-3-12)24-25(15)17-4-6-20-19(23-17)13-5-7-27-10-13/h4,6,8-9,12-13H,2-3,5,7,10H2,1H3,(H,21,22,26). The molecule has 1 unspecified atom stereocenters. The van der Waals surface area contributed by atoms with Crippen molar-refractivity contribution in [1.82, 2.24) is 24.7 Å². The molecule has 1 amide bonds. The maximum Gasteiger partial charge on any atom is 0.222 e. The summed E-state index contributed by atoms with van der Waals surface area (Å²) in [6.07, 6.45) is 6.80. The molecular formula is C19H20N6O2. The number of rotatable bonds is 4. The first-order valence-corrected chi connectivity index (χ1v) is 9.26. The third-order valence-corrected chi connectivity index (χ3v) is 5.03. The summed E-state index contributed by atoms with van der Waals surface area (Å²) in [4.78, 5) is 25.0. The van der Waals surface area contributed by atoms with Gasteiger partial charge in [0.15, 0.2) is 5.82 Å². The van der Waals surface area contributed by atoms with Crippen molar-refractivity contribution in [2.45, 2.75) is 38.0 Å². The fourth-order valence-electron chi connectivity index (χ4n) is 3.53. The number of nitrogens with zero attached hydrogens (tertiary/aromatic N) is 5. The number of aromatic nitrogens is 5. The van der Waals surface area contributed by atoms with E-state index in [1.807, 2.05) is 16.8 Å². The predicted octanol–water partition coefficient (Wildman–Crippen LogP) is 2.55. The Bertz CT molecular complexity index is 1020. The molecule has 0 aromatic carbocycles. The molecule has 1 N–H and O–H groups in total. The molecule has 1 aliphatic carbocycles. The predicted molar refractivity (Wildman–Crippen MR) is 98.9 cm³/mol. The van der Waals surface area contributed by atoms with Crippen molar-refractivity contribution in [3.63, 3.8) is 0 Å². The minimum absolute atomic E-state index is 0.152. The van der Waals surface area contributed by atoms with Crippen LogP contribution in [0.3, 0.4) is 0 Å². The monoisotopic (exact) mass is 364 g/mol. The average molecular weight is 364 g/mol. The first-order valence-electron chi connectivity index (χ1n) is 9.26. The van der Waals surface area contributed by atoms with Crippen LogP contribution < -0.4 is 5.32 Å². The summed E-state index contributed by atoms with van der Waals surface area (Å²) in [5, 5.41) is 8.61. The molecule has 1 saturated carbocycles. The van der Waals surface area contributed by atoms with E-state index in [1.54, 1.807) is 12.4 Å². The van der Waals surface area contributed by atoms with Crippen LogP contribution in [-0.2, 0) is 9.53 Å². The van der Waals surface area contributed by atoms with Gasteiger partial charge in [-0.3, -0.25) is 4.79 Å². The highest BCUT2D eigenvalue weighted by Crippen LogP contribution is 2.43. The molecule has 5 rings (SSSR count). The molecule has 27 heavy (non-hydrogen) atoms. The fourth-order valence-corrected chi connectivity index (χ4v) is 3.53. The number of nitrogens with one attached hydrogen (secondary N) is 1. The molecule has 0 spiro atoms. The van der Waals surface area contributed by atoms with Crippen molar-refractivity contribution in [3.05, 3.63) is 36.0 Å². The normalized spacial score (nSPS) is 19.5. The number of carbonyl (C=O) groups is 1. The summed E-state index contributed by atoms with van der Waals surface area (Å²) in [5.41, 5.74) is 1.94. The Hall–Kier alpha value is -2.87. The number of fused-ring (bicyclic) bond motifs is 1. The summed E-state index contributed by atoms with van der Waals surface area (Å²) >= 11 is 0. The molecule has 3 aromatic rings. The van der Waals surface area contributed by atoms with Crippen molar-refractivity contribution in [3.8, 4) is 5.82 Å². The van der Waals surface area contributed by atoms with Crippen LogP contribution >= 0.6 is 0 Å². The van der Waals surface area contributed by atoms with Crippen molar-refractivity contribution in [2.75, 3.05) is 18.5 Å². The van der Waals surface area contributed by atoms with Gasteiger partial charge in [-0.05, 0) is 19.3 Å². The third-order valence-electron chi connectivity index (χ3n) is 5.03. The quantitative estimate of drug-likeness (QED) is 0.764. The second kappa shape index (κ2) is 6.38. The lowest BCUT2D eigenvalue weighted by Crippen LogP contribution is -2.09. The smallest absolute Gasteiger partial charge is 0.222 e. The minimum atomic E-state index is -0.152. The fraction of sp³-hybridized carbons (Fsp3) is 0.421. The number of hydrogen-bond donors (Lipinski definition) is 1. The van der Waals surface area contributed by atoms with Gasteiger partial charge >= 0.3 is 0 Å². The van der Waals surface area contributed by atoms with Gasteiger partial charge in [-0.15, -0.1) is 0 Å². The van der Waals surface area contributed by atoms with Gasteiger partial charge in [0.1, 0.15) is 11.6 Å². The zero-order chi connectivity index (χ0) is 18.4. The molecule has 1 saturated heterocycles. The van der Waals surface area contributed by atoms with Gasteiger partial charge in [-0.25, -0.2) is 19.6 Å². The minimum Gasteiger partial charge on any atom is -0.381 e. The van der Waals surface area contributed by atoms with Crippen LogP contribution in [0.5, 0.6) is 0 Å². The molecule has 8 heteroatoms. The number of hydrogen-bond acceptors (Lipinski definition) is 6. The summed E-state index contributed by atoms with van der Waals surface area (Å²) in [6.45, 7) is 2.88. The SMILES string of the molecule is CC(=O)Nc1cc2c(cn1)c(C1CC1)nn2-c1ccnc(C2CCOC2)n1. The maximum atomic E-state index is 11.4. The molecule has 2 fully saturated rings. The molecule has 1 aliphatic heterocycles. The van der Waals surface area contributed by atoms with E-state index in [0.717, 1.165) is 54.1 Å². The second-order valence-electron chi connectivity index (χ2n) is 7.17. The van der Waals surface area contributed by atoms with Crippen LogP contribution in [-0.4, -0.2) is 43.9 Å². The van der Waals surface area contributed by atoms with Crippen molar-refractivity contribution < 1.29 is 9.53 Å². The highest BCUT2D eigenvalue weighted by molar-refractivity contribution is 5.91. The Morgan fingerprint density at radius 3 is 2.89 bits per heavy atom. The van der Waals surface area contributed by atoms with Crippen LogP contribution in [0.15, 0.2) is 24.5 Å². The van der Waals surface area contributed by atoms with Crippen LogP contribution in [0.2, 0.25) is 0 Å². The van der Waals surface area contributed by atoms with Gasteiger partial charge in [0, 0.05) is 55.3 Å². The average Bonchev–Trinajstić information content (AvgIpc) is 3.22. The highest BCUT2D eigenvalue weighted by atomic mass is 16.5. The first-order chi connectivity index (χ1) is 13.2. The van der Waals surface area contributed by atoms with E-state index in [2.05, 4.69) is 15.3 Å². The van der Waals surface area contributed by atoms with Gasteiger partial charge in [-0.1, -0.05) is 0 Å². The Kier molecular flexibility index (Phi) is 3.86. The van der Waals surface area contributed by atoms with E-state index in [0.29, 0.717) is 18.3 Å². The van der Waals surface area contributed by atoms with Crippen molar-refractivity contribution >= 4 is 22.6 Å². The first kappa shape index (κ1) is 16.3. The zero-order valence-electron chi connectivity index (χ0n) is 15.1. The van der Waals surface area contributed by atoms with E-state index in [-0.39, 0.29) is 11.8 Å². The summed E-state index contributed by atoms with van der Waals surface area (Å²) in [6, 6.07) is 3.72. The van der Waals surface area contributed by atoms with Crippen molar-refractivity contribution in [1.29, 1.82) is 0 Å². The summed E-state index contributed by atoms with van der Waals surface area (Å²) in [5.74, 6) is 2.58. The lowest BCUT2D eigenvalue weighted by Gasteiger charge is -2.09. The topological polar surface area (TPSA) is 94.8 Å². The molecule has 3 aromatic heterocycles. The number of ether oxygens (including phenoxy) is 1. The number of anilines is 1. The Morgan fingerprint density at radius 2 is 2.15 bits per heavy atom. The van der Waals surface area contributed by atoms with E-state index in [4.69, 9.17) is 14.8 Å². The molecule has 1 atom stereocenters. The van der Waals surface area contributed by atoms with Crippen LogP contribution in [0.4, 0.5) is 5.82 Å². The van der Waals surface area contributed by atoms with Gasteiger partial charge in [0.05, 0.1) is 17.8 Å². The zero-order valence-corrected chi connectivity index (χ0v) is 15.1. The summed E-state index contributed by atoms with van der Waals surface area (Å²) in [7, 11) is 0. The summed E-state index contributed by atoms with van der Waals surface area (Å²) < 4.78 is 7.32. The number of carbonyl (C=O) groups excluding carboxylic acids is 1. The van der Waals surface area contributed by atoms with Crippen LogP contribution in [0.25, 0.3) is 16.7 Å². The Balaban J connectivity index is 1.63. The van der Waals surface area contributed by atoms with E-state index < -0.39 is 0 Å². The molecule has 0 bridgehead atoms. The third kappa shape index (κ3) is 3.06. The van der Waals surface area contributed by atoms with E-state index in [9.17, 15) is 4.79 Å². The van der Waals surface area contributed by atoms with Crippen LogP contribution in [0, 0.1) is 0 Å². The molecule has 138 valence electrons. The second-order valence-corrected chi connectivity index (χ2v) is 7.17. The van der Waals surface area contributed by atoms with Crippen LogP contribution in [0.1, 0.15) is 49.5 Å². The number of amides is 1. The lowest BCUT2D eigenvalue weighted by atomic mass is 10.1. The van der Waals surface area contributed by atoms with E-state index in [1.165, 1.54) is 6.92 Å². The molecular weight excluding hydrogens is 344 g/mol. The molecule has 8 nitrogen and oxygen atoms in total. The number of pyridine rings is 1. The Labute approximate surface area is 156 Å². The lowest BCUT2D eigenvalue weighted by molar-refractivity contribution is -0.114. The van der Waals surface area contributed by atoms with E-state index >= 15 is 0 Å². The molecule has 0 radical (unpaired) electrons. The highest BCUT2D eigenvalue weighted by Gasteiger charge is 2.30. The van der Waals surface area contributed by atoms with Gasteiger partial charge in [-0.2, -0.15) is 5.10 Å². The van der Waals surface area contributed by atoms with Gasteiger partial charge < -0.3 is 10.1 Å². The maximum absolute atomic E-state index is 11.4.